The third kappa shape index (κ3) is 3.67. The van der Waals surface area contributed by atoms with Crippen molar-refractivity contribution in [2.75, 3.05) is 0 Å². The van der Waals surface area contributed by atoms with E-state index < -0.39 is 46.0 Å². The number of fused-ring (bicyclic) bond motifs is 1. The van der Waals surface area contributed by atoms with E-state index in [0.29, 0.717) is 17.3 Å². The van der Waals surface area contributed by atoms with Crippen LogP contribution in [-0.4, -0.2) is 14.5 Å². The molecule has 0 fully saturated rings. The number of benzene rings is 2. The number of aromatic nitrogens is 3. The van der Waals surface area contributed by atoms with Crippen LogP contribution in [-0.2, 0) is 5.75 Å². The minimum absolute atomic E-state index is 0.00857. The molecule has 2 aromatic heterocycles. The Morgan fingerprint density at radius 3 is 2.26 bits per heavy atom. The van der Waals surface area contributed by atoms with Crippen molar-refractivity contribution in [3.05, 3.63) is 93.2 Å². The molecular weight excluding hydrogens is 437 g/mol. The maximum Gasteiger partial charge on any atom is 0.267 e. The van der Waals surface area contributed by atoms with E-state index >= 15 is 0 Å². The molecular formula is C21H12F5N3OS. The highest BCUT2D eigenvalue weighted by Crippen LogP contribution is 2.30. The zero-order valence-corrected chi connectivity index (χ0v) is 16.6. The number of thioether (sulfide) groups is 1. The molecule has 0 radical (unpaired) electrons. The second kappa shape index (κ2) is 8.10. The normalized spacial score (nSPS) is 11.3. The molecule has 4 rings (SSSR count). The fourth-order valence-corrected chi connectivity index (χ4v) is 3.96. The molecule has 0 saturated heterocycles. The second-order valence-electron chi connectivity index (χ2n) is 6.58. The molecule has 2 heterocycles. The van der Waals surface area contributed by atoms with E-state index in [9.17, 15) is 26.7 Å². The summed E-state index contributed by atoms with van der Waals surface area (Å²) in [5.74, 6) is -10.6. The van der Waals surface area contributed by atoms with Crippen molar-refractivity contribution >= 4 is 22.7 Å². The summed E-state index contributed by atoms with van der Waals surface area (Å²) in [5.41, 5.74) is -0.381. The first kappa shape index (κ1) is 21.0. The van der Waals surface area contributed by atoms with Crippen LogP contribution in [0.2, 0.25) is 0 Å². The predicted octanol–water partition coefficient (Wildman–Crippen LogP) is 5.08. The van der Waals surface area contributed by atoms with Gasteiger partial charge in [0.15, 0.2) is 28.4 Å². The fraction of sp³-hybridized carbons (Fsp3) is 0.0952. The molecule has 0 bridgehead atoms. The Bertz CT molecular complexity index is 1360. The minimum Gasteiger partial charge on any atom is -0.268 e. The lowest BCUT2D eigenvalue weighted by Gasteiger charge is -2.13. The molecule has 0 unspecified atom stereocenters. The SMILES string of the molecule is Cc1ccnc(-n2c(SCc3c(F)c(F)c(F)c(F)c3F)nc3ccccc3c2=O)c1. The van der Waals surface area contributed by atoms with Crippen molar-refractivity contribution in [2.45, 2.75) is 17.8 Å². The Morgan fingerprint density at radius 1 is 0.935 bits per heavy atom. The fourth-order valence-electron chi connectivity index (χ4n) is 2.97. The number of hydrogen-bond acceptors (Lipinski definition) is 4. The van der Waals surface area contributed by atoms with Gasteiger partial charge >= 0.3 is 0 Å². The van der Waals surface area contributed by atoms with Crippen LogP contribution < -0.4 is 5.56 Å². The highest BCUT2D eigenvalue weighted by molar-refractivity contribution is 7.98. The Morgan fingerprint density at radius 2 is 1.58 bits per heavy atom. The summed E-state index contributed by atoms with van der Waals surface area (Å²) in [6.45, 7) is 1.78. The Hall–Kier alpha value is -3.27. The molecule has 31 heavy (non-hydrogen) atoms. The maximum absolute atomic E-state index is 14.1. The molecule has 4 aromatic rings. The van der Waals surface area contributed by atoms with Gasteiger partial charge in [0.1, 0.15) is 5.82 Å². The van der Waals surface area contributed by atoms with Gasteiger partial charge in [0.25, 0.3) is 5.56 Å². The largest absolute Gasteiger partial charge is 0.268 e. The van der Waals surface area contributed by atoms with E-state index in [0.717, 1.165) is 10.1 Å². The van der Waals surface area contributed by atoms with E-state index in [2.05, 4.69) is 9.97 Å². The second-order valence-corrected chi connectivity index (χ2v) is 7.52. The third-order valence-electron chi connectivity index (χ3n) is 4.52. The predicted molar refractivity (Wildman–Crippen MR) is 106 cm³/mol. The van der Waals surface area contributed by atoms with Gasteiger partial charge in [-0.15, -0.1) is 0 Å². The van der Waals surface area contributed by atoms with Crippen LogP contribution in [0.4, 0.5) is 22.0 Å². The molecule has 0 saturated carbocycles. The number of halogens is 5. The van der Waals surface area contributed by atoms with E-state index in [-0.39, 0.29) is 16.4 Å². The van der Waals surface area contributed by atoms with Gasteiger partial charge in [-0.3, -0.25) is 4.79 Å². The van der Waals surface area contributed by atoms with Crippen molar-refractivity contribution in [3.63, 3.8) is 0 Å². The molecule has 10 heteroatoms. The highest BCUT2D eigenvalue weighted by atomic mass is 32.2. The molecule has 0 spiro atoms. The quantitative estimate of drug-likeness (QED) is 0.143. The molecule has 0 aliphatic carbocycles. The maximum atomic E-state index is 14.1. The van der Waals surface area contributed by atoms with Gasteiger partial charge in [-0.2, -0.15) is 0 Å². The minimum atomic E-state index is -2.23. The van der Waals surface area contributed by atoms with Crippen molar-refractivity contribution in [1.29, 1.82) is 0 Å². The average molecular weight is 449 g/mol. The lowest BCUT2D eigenvalue weighted by atomic mass is 10.2. The first-order chi connectivity index (χ1) is 14.8. The van der Waals surface area contributed by atoms with Crippen molar-refractivity contribution in [1.82, 2.24) is 14.5 Å². The molecule has 0 atom stereocenters. The number of para-hydroxylation sites is 1. The number of aryl methyl sites for hydroxylation is 1. The van der Waals surface area contributed by atoms with Crippen LogP contribution >= 0.6 is 11.8 Å². The lowest BCUT2D eigenvalue weighted by Crippen LogP contribution is -2.22. The van der Waals surface area contributed by atoms with Crippen molar-refractivity contribution in [3.8, 4) is 5.82 Å². The third-order valence-corrected chi connectivity index (χ3v) is 5.49. The topological polar surface area (TPSA) is 47.8 Å². The van der Waals surface area contributed by atoms with Gasteiger partial charge in [0.2, 0.25) is 5.82 Å². The summed E-state index contributed by atoms with van der Waals surface area (Å²) in [4.78, 5) is 21.6. The van der Waals surface area contributed by atoms with Crippen LogP contribution in [0.25, 0.3) is 16.7 Å². The molecule has 4 nitrogen and oxygen atoms in total. The molecule has 2 aromatic carbocycles. The van der Waals surface area contributed by atoms with Gasteiger partial charge in [0.05, 0.1) is 10.9 Å². The highest BCUT2D eigenvalue weighted by Gasteiger charge is 2.26. The summed E-state index contributed by atoms with van der Waals surface area (Å²) in [6.07, 6.45) is 1.48. The number of pyridine rings is 1. The summed E-state index contributed by atoms with van der Waals surface area (Å²) < 4.78 is 69.7. The lowest BCUT2D eigenvalue weighted by molar-refractivity contribution is 0.372. The number of hydrogen-bond donors (Lipinski definition) is 0. The summed E-state index contributed by atoms with van der Waals surface area (Å²) >= 11 is 0.658. The number of nitrogens with zero attached hydrogens (tertiary/aromatic N) is 3. The van der Waals surface area contributed by atoms with E-state index in [1.807, 2.05) is 0 Å². The van der Waals surface area contributed by atoms with Gasteiger partial charge in [0, 0.05) is 17.5 Å². The first-order valence-electron chi connectivity index (χ1n) is 8.87. The Labute approximate surface area is 176 Å². The van der Waals surface area contributed by atoms with Crippen LogP contribution in [0, 0.1) is 36.0 Å². The summed E-state index contributed by atoms with van der Waals surface area (Å²) in [5, 5.41) is 0.275. The average Bonchev–Trinajstić information content (AvgIpc) is 2.76. The molecule has 0 amide bonds. The molecule has 0 aliphatic rings. The van der Waals surface area contributed by atoms with Crippen molar-refractivity contribution in [2.24, 2.45) is 0 Å². The van der Waals surface area contributed by atoms with Crippen LogP contribution in [0.3, 0.4) is 0 Å². The molecule has 0 aliphatic heterocycles. The first-order valence-corrected chi connectivity index (χ1v) is 9.86. The zero-order valence-electron chi connectivity index (χ0n) is 15.8. The standard InChI is InChI=1S/C21H12F5N3OS/c1-10-6-7-27-14(8-10)29-20(30)11-4-2-3-5-13(11)28-21(29)31-9-12-15(22)17(24)19(26)18(25)16(12)23/h2-8H,9H2,1H3. The van der Waals surface area contributed by atoms with Gasteiger partial charge in [-0.1, -0.05) is 23.9 Å². The van der Waals surface area contributed by atoms with Gasteiger partial charge in [-0.25, -0.2) is 36.5 Å². The van der Waals surface area contributed by atoms with Crippen LogP contribution in [0.1, 0.15) is 11.1 Å². The molecule has 158 valence electrons. The van der Waals surface area contributed by atoms with Gasteiger partial charge in [-0.05, 0) is 36.8 Å². The van der Waals surface area contributed by atoms with Crippen LogP contribution in [0.5, 0.6) is 0 Å². The number of rotatable bonds is 4. The van der Waals surface area contributed by atoms with Crippen molar-refractivity contribution < 1.29 is 22.0 Å². The Kier molecular flexibility index (Phi) is 5.48. The van der Waals surface area contributed by atoms with Gasteiger partial charge < -0.3 is 0 Å². The smallest absolute Gasteiger partial charge is 0.267 e. The zero-order chi connectivity index (χ0) is 22.3. The van der Waals surface area contributed by atoms with E-state index in [1.165, 1.54) is 6.20 Å². The summed E-state index contributed by atoms with van der Waals surface area (Å²) in [6, 6.07) is 9.78. The van der Waals surface area contributed by atoms with E-state index in [4.69, 9.17) is 0 Å². The monoisotopic (exact) mass is 449 g/mol. The van der Waals surface area contributed by atoms with E-state index in [1.54, 1.807) is 43.3 Å². The summed E-state index contributed by atoms with van der Waals surface area (Å²) in [7, 11) is 0. The molecule has 0 N–H and O–H groups in total. The Balaban J connectivity index is 1.87. The van der Waals surface area contributed by atoms with Crippen LogP contribution in [0.15, 0.2) is 52.5 Å².